The minimum atomic E-state index is 0. The van der Waals surface area contributed by atoms with Crippen molar-refractivity contribution in [1.29, 1.82) is 0 Å². The maximum atomic E-state index is 12.3. The Hall–Kier alpha value is -0.610. The van der Waals surface area contributed by atoms with E-state index in [0.29, 0.717) is 25.2 Å². The summed E-state index contributed by atoms with van der Waals surface area (Å²) in [5, 5.41) is 3.29. The Kier molecular flexibility index (Phi) is 13.2. The van der Waals surface area contributed by atoms with Gasteiger partial charge in [0.2, 0.25) is 5.91 Å². The highest BCUT2D eigenvalue weighted by Crippen LogP contribution is 2.11. The summed E-state index contributed by atoms with van der Waals surface area (Å²) in [5.74, 6) is 0.920. The Morgan fingerprint density at radius 1 is 1.35 bits per heavy atom. The molecule has 0 radical (unpaired) electrons. The highest BCUT2D eigenvalue weighted by atomic mass is 127. The average molecular weight is 483 g/mol. The monoisotopic (exact) mass is 483 g/mol. The number of ether oxygens (including phenoxy) is 1. The molecule has 0 aromatic rings. The molecule has 0 aromatic carbocycles. The lowest BCUT2D eigenvalue weighted by molar-refractivity contribution is -0.131. The van der Waals surface area contributed by atoms with E-state index < -0.39 is 0 Å². The zero-order chi connectivity index (χ0) is 18.8. The zero-order valence-electron chi connectivity index (χ0n) is 17.3. The molecule has 154 valence electrons. The van der Waals surface area contributed by atoms with Gasteiger partial charge < -0.3 is 19.9 Å². The summed E-state index contributed by atoms with van der Waals surface area (Å²) in [6, 6.07) is 0.767. The molecule has 1 heterocycles. The number of rotatable bonds is 8. The SMILES string of the molecule is CCNC(=NCC(C)N1CCOCC1C)N(C)CC(=O)N(CC)CC.I. The van der Waals surface area contributed by atoms with E-state index in [1.54, 1.807) is 0 Å². The van der Waals surface area contributed by atoms with Gasteiger partial charge in [0, 0.05) is 45.3 Å². The highest BCUT2D eigenvalue weighted by Gasteiger charge is 2.23. The van der Waals surface area contributed by atoms with Crippen LogP contribution in [-0.4, -0.2) is 98.2 Å². The lowest BCUT2D eigenvalue weighted by Crippen LogP contribution is -2.50. The van der Waals surface area contributed by atoms with Crippen LogP contribution in [0.5, 0.6) is 0 Å². The van der Waals surface area contributed by atoms with Crippen molar-refractivity contribution in [2.45, 2.75) is 46.7 Å². The van der Waals surface area contributed by atoms with Crippen LogP contribution in [0.2, 0.25) is 0 Å². The van der Waals surface area contributed by atoms with Crippen LogP contribution in [0.3, 0.4) is 0 Å². The number of carbonyl (C=O) groups is 1. The summed E-state index contributed by atoms with van der Waals surface area (Å²) < 4.78 is 5.51. The van der Waals surface area contributed by atoms with Crippen molar-refractivity contribution in [3.05, 3.63) is 0 Å². The van der Waals surface area contributed by atoms with Gasteiger partial charge in [-0.15, -0.1) is 24.0 Å². The summed E-state index contributed by atoms with van der Waals surface area (Å²) in [4.78, 5) is 23.3. The van der Waals surface area contributed by atoms with Gasteiger partial charge in [0.25, 0.3) is 0 Å². The van der Waals surface area contributed by atoms with E-state index in [2.05, 4.69) is 24.1 Å². The first-order chi connectivity index (χ1) is 11.9. The van der Waals surface area contributed by atoms with E-state index in [-0.39, 0.29) is 29.9 Å². The van der Waals surface area contributed by atoms with Crippen molar-refractivity contribution in [3.8, 4) is 0 Å². The van der Waals surface area contributed by atoms with Gasteiger partial charge in [-0.25, -0.2) is 0 Å². The number of carbonyl (C=O) groups excluding carboxylic acids is 1. The predicted octanol–water partition coefficient (Wildman–Crippen LogP) is 1.48. The van der Waals surface area contributed by atoms with Crippen LogP contribution in [-0.2, 0) is 9.53 Å². The molecular weight excluding hydrogens is 445 g/mol. The molecule has 8 heteroatoms. The first kappa shape index (κ1) is 25.4. The molecule has 2 atom stereocenters. The molecule has 26 heavy (non-hydrogen) atoms. The lowest BCUT2D eigenvalue weighted by atomic mass is 10.2. The second-order valence-electron chi connectivity index (χ2n) is 6.63. The minimum Gasteiger partial charge on any atom is -0.379 e. The number of aliphatic imine (C=N–C) groups is 1. The fraction of sp³-hybridized carbons (Fsp3) is 0.889. The molecule has 1 aliphatic rings. The van der Waals surface area contributed by atoms with Crippen LogP contribution in [0.25, 0.3) is 0 Å². The van der Waals surface area contributed by atoms with E-state index in [9.17, 15) is 4.79 Å². The fourth-order valence-corrected chi connectivity index (χ4v) is 3.14. The number of hydrogen-bond acceptors (Lipinski definition) is 4. The molecule has 0 spiro atoms. The van der Waals surface area contributed by atoms with Crippen LogP contribution in [0.1, 0.15) is 34.6 Å². The number of nitrogens with zero attached hydrogens (tertiary/aromatic N) is 4. The van der Waals surface area contributed by atoms with Crippen molar-refractivity contribution in [3.63, 3.8) is 0 Å². The van der Waals surface area contributed by atoms with Crippen LogP contribution in [0, 0.1) is 0 Å². The molecule has 0 saturated carbocycles. The maximum Gasteiger partial charge on any atom is 0.242 e. The Bertz CT molecular complexity index is 432. The summed E-state index contributed by atoms with van der Waals surface area (Å²) in [6.07, 6.45) is 0. The van der Waals surface area contributed by atoms with Crippen LogP contribution >= 0.6 is 24.0 Å². The second-order valence-corrected chi connectivity index (χ2v) is 6.63. The largest absolute Gasteiger partial charge is 0.379 e. The molecule has 1 amide bonds. The zero-order valence-corrected chi connectivity index (χ0v) is 19.7. The van der Waals surface area contributed by atoms with Crippen molar-refractivity contribution < 1.29 is 9.53 Å². The molecule has 1 fully saturated rings. The average Bonchev–Trinajstić information content (AvgIpc) is 2.59. The van der Waals surface area contributed by atoms with Gasteiger partial charge in [-0.1, -0.05) is 0 Å². The predicted molar refractivity (Wildman–Crippen MR) is 118 cm³/mol. The lowest BCUT2D eigenvalue weighted by Gasteiger charge is -2.37. The molecule has 7 nitrogen and oxygen atoms in total. The van der Waals surface area contributed by atoms with Crippen LogP contribution < -0.4 is 5.32 Å². The molecule has 0 aromatic heterocycles. The van der Waals surface area contributed by atoms with E-state index in [0.717, 1.165) is 45.4 Å². The highest BCUT2D eigenvalue weighted by molar-refractivity contribution is 14.0. The van der Waals surface area contributed by atoms with Gasteiger partial charge in [-0.3, -0.25) is 14.7 Å². The first-order valence-electron chi connectivity index (χ1n) is 9.55. The number of likely N-dealkylation sites (N-methyl/N-ethyl adjacent to an activating group) is 2. The van der Waals surface area contributed by atoms with Crippen LogP contribution in [0.15, 0.2) is 4.99 Å². The quantitative estimate of drug-likeness (QED) is 0.322. The molecule has 1 aliphatic heterocycles. The number of halogens is 1. The Balaban J connectivity index is 0.00000625. The smallest absolute Gasteiger partial charge is 0.242 e. The molecule has 1 N–H and O–H groups in total. The number of guanidine groups is 1. The minimum absolute atomic E-state index is 0. The Morgan fingerprint density at radius 3 is 2.54 bits per heavy atom. The number of morpholine rings is 1. The Morgan fingerprint density at radius 2 is 2.00 bits per heavy atom. The second kappa shape index (κ2) is 13.5. The third-order valence-corrected chi connectivity index (χ3v) is 4.68. The summed E-state index contributed by atoms with van der Waals surface area (Å²) in [5.41, 5.74) is 0. The third-order valence-electron chi connectivity index (χ3n) is 4.68. The summed E-state index contributed by atoms with van der Waals surface area (Å²) >= 11 is 0. The topological polar surface area (TPSA) is 60.4 Å². The van der Waals surface area contributed by atoms with Gasteiger partial charge in [0.05, 0.1) is 26.3 Å². The summed E-state index contributed by atoms with van der Waals surface area (Å²) in [6.45, 7) is 16.3. The van der Waals surface area contributed by atoms with E-state index in [1.165, 1.54) is 0 Å². The van der Waals surface area contributed by atoms with Crippen molar-refractivity contribution >= 4 is 35.8 Å². The summed E-state index contributed by atoms with van der Waals surface area (Å²) in [7, 11) is 1.92. The van der Waals surface area contributed by atoms with Gasteiger partial charge in [-0.05, 0) is 34.6 Å². The molecule has 2 unspecified atom stereocenters. The normalized spacial score (nSPS) is 19.5. The van der Waals surface area contributed by atoms with Gasteiger partial charge >= 0.3 is 0 Å². The molecule has 0 aliphatic carbocycles. The molecular formula is C18H38IN5O2. The van der Waals surface area contributed by atoms with Gasteiger partial charge in [-0.2, -0.15) is 0 Å². The number of nitrogens with one attached hydrogen (secondary N) is 1. The van der Waals surface area contributed by atoms with E-state index in [4.69, 9.17) is 9.73 Å². The number of amides is 1. The van der Waals surface area contributed by atoms with E-state index in [1.807, 2.05) is 37.6 Å². The fourth-order valence-electron chi connectivity index (χ4n) is 3.14. The third kappa shape index (κ3) is 7.96. The first-order valence-corrected chi connectivity index (χ1v) is 9.55. The molecule has 1 saturated heterocycles. The van der Waals surface area contributed by atoms with Gasteiger partial charge in [0.1, 0.15) is 0 Å². The molecule has 0 bridgehead atoms. The van der Waals surface area contributed by atoms with Crippen molar-refractivity contribution in [1.82, 2.24) is 20.0 Å². The van der Waals surface area contributed by atoms with Crippen molar-refractivity contribution in [2.24, 2.45) is 4.99 Å². The number of hydrogen-bond donors (Lipinski definition) is 1. The van der Waals surface area contributed by atoms with E-state index >= 15 is 0 Å². The molecule has 1 rings (SSSR count). The Labute approximate surface area is 176 Å². The van der Waals surface area contributed by atoms with Crippen LogP contribution in [0.4, 0.5) is 0 Å². The van der Waals surface area contributed by atoms with Crippen molar-refractivity contribution in [2.75, 3.05) is 59.5 Å². The standard InChI is InChI=1S/C18H37N5O2.HI/c1-7-19-18(21(6)13-17(24)22(8-2)9-3)20-12-15(4)23-10-11-25-14-16(23)5;/h15-16H,7-14H2,1-6H3,(H,19,20);1H. The van der Waals surface area contributed by atoms with Gasteiger partial charge in [0.15, 0.2) is 5.96 Å². The maximum absolute atomic E-state index is 12.3.